The molecule has 1 aromatic heterocycles. The lowest BCUT2D eigenvalue weighted by Gasteiger charge is -2.09. The molecule has 3 aromatic rings. The molecule has 0 bridgehead atoms. The van der Waals surface area contributed by atoms with Crippen molar-refractivity contribution in [3.63, 3.8) is 0 Å². The molecule has 1 heterocycles. The van der Waals surface area contributed by atoms with E-state index < -0.39 is 0 Å². The minimum absolute atomic E-state index is 0.155. The number of amides is 1. The van der Waals surface area contributed by atoms with E-state index in [9.17, 15) is 4.79 Å². The van der Waals surface area contributed by atoms with Crippen molar-refractivity contribution in [3.8, 4) is 11.4 Å². The summed E-state index contributed by atoms with van der Waals surface area (Å²) in [7, 11) is 0. The average Bonchev–Trinajstić information content (AvgIpc) is 3.45. The molecule has 1 amide bonds. The van der Waals surface area contributed by atoms with Crippen molar-refractivity contribution in [1.29, 1.82) is 0 Å². The van der Waals surface area contributed by atoms with Gasteiger partial charge in [0.25, 0.3) is 5.91 Å². The Morgan fingerprint density at radius 3 is 2.59 bits per heavy atom. The third-order valence-electron chi connectivity index (χ3n) is 4.43. The summed E-state index contributed by atoms with van der Waals surface area (Å²) in [6.07, 6.45) is 2.28. The van der Waals surface area contributed by atoms with Gasteiger partial charge in [0.1, 0.15) is 18.1 Å². The maximum atomic E-state index is 12.7. The number of carbonyl (C=O) groups excluding carboxylic acids is 1. The first kappa shape index (κ1) is 17.6. The monoisotopic (exact) mass is 381 g/mol. The van der Waals surface area contributed by atoms with Gasteiger partial charge in [-0.05, 0) is 55.3 Å². The molecule has 0 atom stereocenters. The Kier molecular flexibility index (Phi) is 5.12. The van der Waals surface area contributed by atoms with Crippen LogP contribution >= 0.6 is 11.6 Å². The lowest BCUT2D eigenvalue weighted by Crippen LogP contribution is -2.29. The summed E-state index contributed by atoms with van der Waals surface area (Å²) in [4.78, 5) is 12.7. The van der Waals surface area contributed by atoms with Gasteiger partial charge in [0.2, 0.25) is 0 Å². The molecule has 0 aliphatic heterocycles. The Hall–Kier alpha value is -2.79. The van der Waals surface area contributed by atoms with Crippen molar-refractivity contribution in [2.45, 2.75) is 18.8 Å². The highest BCUT2D eigenvalue weighted by Crippen LogP contribution is 2.39. The molecule has 1 fully saturated rings. The van der Waals surface area contributed by atoms with Crippen molar-refractivity contribution in [1.82, 2.24) is 15.1 Å². The maximum absolute atomic E-state index is 12.7. The predicted octanol–water partition coefficient (Wildman–Crippen LogP) is 4.21. The fourth-order valence-corrected chi connectivity index (χ4v) is 2.99. The number of benzene rings is 2. The van der Waals surface area contributed by atoms with Gasteiger partial charge in [0, 0.05) is 10.9 Å². The Labute approximate surface area is 162 Å². The summed E-state index contributed by atoms with van der Waals surface area (Å²) < 4.78 is 7.35. The molecule has 4 rings (SSSR count). The molecular weight excluding hydrogens is 362 g/mol. The van der Waals surface area contributed by atoms with Gasteiger partial charge in [-0.15, -0.1) is 0 Å². The third kappa shape index (κ3) is 4.31. The minimum atomic E-state index is -0.155. The number of halogens is 1. The Balaban J connectivity index is 1.41. The summed E-state index contributed by atoms with van der Waals surface area (Å²) in [6.45, 7) is 0.780. The first-order valence-corrected chi connectivity index (χ1v) is 9.40. The molecule has 6 heteroatoms. The maximum Gasteiger partial charge on any atom is 0.270 e. The molecule has 5 nitrogen and oxygen atoms in total. The molecule has 2 aromatic carbocycles. The van der Waals surface area contributed by atoms with E-state index in [1.807, 2.05) is 36.4 Å². The molecule has 27 heavy (non-hydrogen) atoms. The molecule has 1 aliphatic rings. The van der Waals surface area contributed by atoms with Gasteiger partial charge in [-0.1, -0.05) is 29.8 Å². The van der Waals surface area contributed by atoms with E-state index in [1.54, 1.807) is 28.9 Å². The number of para-hydroxylation sites is 1. The van der Waals surface area contributed by atoms with E-state index in [2.05, 4.69) is 10.4 Å². The van der Waals surface area contributed by atoms with Gasteiger partial charge >= 0.3 is 0 Å². The average molecular weight is 382 g/mol. The van der Waals surface area contributed by atoms with Gasteiger partial charge in [-0.25, -0.2) is 4.68 Å². The number of hydrogen-bond acceptors (Lipinski definition) is 3. The smallest absolute Gasteiger partial charge is 0.270 e. The summed E-state index contributed by atoms with van der Waals surface area (Å²) in [6, 6.07) is 18.8. The summed E-state index contributed by atoms with van der Waals surface area (Å²) in [5, 5.41) is 8.24. The highest BCUT2D eigenvalue weighted by molar-refractivity contribution is 6.30. The van der Waals surface area contributed by atoms with Crippen LogP contribution in [0.15, 0.2) is 60.7 Å². The van der Waals surface area contributed by atoms with Crippen molar-refractivity contribution in [2.24, 2.45) is 0 Å². The second-order valence-corrected chi connectivity index (χ2v) is 6.97. The van der Waals surface area contributed by atoms with E-state index in [0.717, 1.165) is 30.0 Å². The van der Waals surface area contributed by atoms with Gasteiger partial charge in [-0.3, -0.25) is 4.79 Å². The van der Waals surface area contributed by atoms with Crippen LogP contribution in [0.5, 0.6) is 5.75 Å². The molecule has 1 saturated carbocycles. The van der Waals surface area contributed by atoms with Crippen LogP contribution in [-0.4, -0.2) is 28.8 Å². The number of ether oxygens (including phenoxy) is 1. The second kappa shape index (κ2) is 7.84. The standard InChI is InChI=1S/C21H20ClN3O2/c22-16-8-10-18(11-9-16)27-13-12-23-21(26)20-14-19(15-6-7-15)24-25(20)17-4-2-1-3-5-17/h1-5,8-11,14-15H,6-7,12-13H2,(H,23,26). The minimum Gasteiger partial charge on any atom is -0.492 e. The van der Waals surface area contributed by atoms with E-state index in [4.69, 9.17) is 16.3 Å². The topological polar surface area (TPSA) is 56.1 Å². The molecule has 1 N–H and O–H groups in total. The van der Waals surface area contributed by atoms with Crippen molar-refractivity contribution in [2.75, 3.05) is 13.2 Å². The molecular formula is C21H20ClN3O2. The Bertz CT molecular complexity index is 918. The number of rotatable bonds is 7. The largest absolute Gasteiger partial charge is 0.492 e. The SMILES string of the molecule is O=C(NCCOc1ccc(Cl)cc1)c1cc(C2CC2)nn1-c1ccccc1. The zero-order valence-corrected chi connectivity index (χ0v) is 15.5. The van der Waals surface area contributed by atoms with Gasteiger partial charge < -0.3 is 10.1 Å². The molecule has 0 radical (unpaired) electrons. The fourth-order valence-electron chi connectivity index (χ4n) is 2.86. The predicted molar refractivity (Wildman–Crippen MR) is 105 cm³/mol. The lowest BCUT2D eigenvalue weighted by atomic mass is 10.2. The van der Waals surface area contributed by atoms with Crippen LogP contribution in [0.25, 0.3) is 5.69 Å². The van der Waals surface area contributed by atoms with Crippen LogP contribution in [-0.2, 0) is 0 Å². The van der Waals surface area contributed by atoms with Gasteiger partial charge in [-0.2, -0.15) is 5.10 Å². The molecule has 0 spiro atoms. The van der Waals surface area contributed by atoms with Crippen molar-refractivity contribution >= 4 is 17.5 Å². The zero-order chi connectivity index (χ0) is 18.6. The number of nitrogens with one attached hydrogen (secondary N) is 1. The molecule has 1 aliphatic carbocycles. The summed E-state index contributed by atoms with van der Waals surface area (Å²) in [5.41, 5.74) is 2.42. The normalized spacial score (nSPS) is 13.4. The van der Waals surface area contributed by atoms with Crippen LogP contribution < -0.4 is 10.1 Å². The second-order valence-electron chi connectivity index (χ2n) is 6.53. The number of aromatic nitrogens is 2. The molecule has 0 unspecified atom stereocenters. The summed E-state index contributed by atoms with van der Waals surface area (Å²) >= 11 is 5.86. The van der Waals surface area contributed by atoms with Gasteiger partial charge in [0.05, 0.1) is 17.9 Å². The number of hydrogen-bond donors (Lipinski definition) is 1. The van der Waals surface area contributed by atoms with Crippen molar-refractivity contribution < 1.29 is 9.53 Å². The molecule has 0 saturated heterocycles. The lowest BCUT2D eigenvalue weighted by molar-refractivity contribution is 0.0939. The quantitative estimate of drug-likeness (QED) is 0.623. The Morgan fingerprint density at radius 2 is 1.89 bits per heavy atom. The van der Waals surface area contributed by atoms with Crippen LogP contribution in [0.3, 0.4) is 0 Å². The van der Waals surface area contributed by atoms with Crippen molar-refractivity contribution in [3.05, 3.63) is 77.1 Å². The zero-order valence-electron chi connectivity index (χ0n) is 14.8. The number of carbonyl (C=O) groups is 1. The van der Waals surface area contributed by atoms with Crippen LogP contribution in [0.4, 0.5) is 0 Å². The molecule has 138 valence electrons. The third-order valence-corrected chi connectivity index (χ3v) is 4.68. The van der Waals surface area contributed by atoms with E-state index in [0.29, 0.717) is 29.8 Å². The Morgan fingerprint density at radius 1 is 1.15 bits per heavy atom. The fraction of sp³-hybridized carbons (Fsp3) is 0.238. The number of nitrogens with zero attached hydrogens (tertiary/aromatic N) is 2. The first-order chi connectivity index (χ1) is 13.2. The summed E-state index contributed by atoms with van der Waals surface area (Å²) in [5.74, 6) is 1.05. The highest BCUT2D eigenvalue weighted by Gasteiger charge is 2.28. The van der Waals surface area contributed by atoms with Gasteiger partial charge in [0.15, 0.2) is 0 Å². The van der Waals surface area contributed by atoms with E-state index in [-0.39, 0.29) is 5.91 Å². The van der Waals surface area contributed by atoms with E-state index in [1.165, 1.54) is 0 Å². The first-order valence-electron chi connectivity index (χ1n) is 9.02. The van der Waals surface area contributed by atoms with Crippen LogP contribution in [0, 0.1) is 0 Å². The van der Waals surface area contributed by atoms with Crippen LogP contribution in [0.1, 0.15) is 34.9 Å². The highest BCUT2D eigenvalue weighted by atomic mass is 35.5. The van der Waals surface area contributed by atoms with Crippen LogP contribution in [0.2, 0.25) is 5.02 Å². The van der Waals surface area contributed by atoms with E-state index >= 15 is 0 Å².